The third-order valence-corrected chi connectivity index (χ3v) is 11.0. The predicted octanol–water partition coefficient (Wildman–Crippen LogP) is 9.58. The van der Waals surface area contributed by atoms with Gasteiger partial charge in [-0.3, -0.25) is 19.4 Å². The van der Waals surface area contributed by atoms with Crippen LogP contribution in [0.5, 0.6) is 0 Å². The molecule has 2 aliphatic heterocycles. The summed E-state index contributed by atoms with van der Waals surface area (Å²) < 4.78 is 11.2. The molecule has 4 aromatic rings. The molecule has 0 radical (unpaired) electrons. The number of rotatable bonds is 6. The first-order valence-corrected chi connectivity index (χ1v) is 20.7. The van der Waals surface area contributed by atoms with Gasteiger partial charge in [-0.05, 0) is 162 Å². The molecular formula is C48H56N4O6. The van der Waals surface area contributed by atoms with Crippen molar-refractivity contribution in [2.45, 2.75) is 116 Å². The summed E-state index contributed by atoms with van der Waals surface area (Å²) in [6.07, 6.45) is 5.08. The summed E-state index contributed by atoms with van der Waals surface area (Å²) in [6.45, 7) is 12.0. The van der Waals surface area contributed by atoms with Gasteiger partial charge >= 0.3 is 12.2 Å². The third-order valence-electron chi connectivity index (χ3n) is 11.0. The molecule has 2 heterocycles. The van der Waals surface area contributed by atoms with Crippen LogP contribution in [0.1, 0.15) is 89.5 Å². The number of carbonyl (C=O) groups excluding carboxylic acids is 4. The van der Waals surface area contributed by atoms with Crippen LogP contribution in [0.2, 0.25) is 0 Å². The van der Waals surface area contributed by atoms with E-state index in [9.17, 15) is 19.2 Å². The second-order valence-corrected chi connectivity index (χ2v) is 17.8. The number of amides is 4. The molecule has 4 aromatic carbocycles. The average molecular weight is 785 g/mol. The molecule has 2 N–H and O–H groups in total. The van der Waals surface area contributed by atoms with Crippen molar-refractivity contribution in [1.82, 2.24) is 9.80 Å². The zero-order chi connectivity index (χ0) is 41.2. The van der Waals surface area contributed by atoms with Crippen molar-refractivity contribution >= 4 is 35.4 Å². The molecule has 0 unspecified atom stereocenters. The minimum Gasteiger partial charge on any atom is -0.444 e. The van der Waals surface area contributed by atoms with E-state index in [0.29, 0.717) is 37.3 Å². The lowest BCUT2D eigenvalue weighted by Gasteiger charge is -2.28. The molecule has 0 spiro atoms. The van der Waals surface area contributed by atoms with Crippen LogP contribution in [0, 0.1) is 0 Å². The van der Waals surface area contributed by atoms with Crippen molar-refractivity contribution in [2.75, 3.05) is 23.7 Å². The van der Waals surface area contributed by atoms with Crippen LogP contribution >= 0.6 is 0 Å². The predicted molar refractivity (Wildman–Crippen MR) is 228 cm³/mol. The minimum absolute atomic E-state index is 0.206. The van der Waals surface area contributed by atoms with Gasteiger partial charge in [0.1, 0.15) is 23.3 Å². The molecule has 10 rings (SSSR count). The summed E-state index contributed by atoms with van der Waals surface area (Å²) in [4.78, 5) is 55.9. The van der Waals surface area contributed by atoms with Gasteiger partial charge < -0.3 is 20.1 Å². The normalized spacial score (nSPS) is 18.0. The molecule has 4 bridgehead atoms. The number of nitrogens with one attached hydrogen (secondary N) is 2. The zero-order valence-corrected chi connectivity index (χ0v) is 34.7. The van der Waals surface area contributed by atoms with Gasteiger partial charge in [-0.25, -0.2) is 9.59 Å². The Morgan fingerprint density at radius 1 is 0.552 bits per heavy atom. The van der Waals surface area contributed by atoms with E-state index in [-0.39, 0.29) is 11.8 Å². The number of benzene rings is 4. The second-order valence-electron chi connectivity index (χ2n) is 17.8. The molecule has 6 aliphatic rings. The van der Waals surface area contributed by atoms with Gasteiger partial charge in [-0.15, -0.1) is 0 Å². The Morgan fingerprint density at radius 2 is 0.966 bits per heavy atom. The van der Waals surface area contributed by atoms with E-state index in [1.165, 1.54) is 22.3 Å². The summed E-state index contributed by atoms with van der Waals surface area (Å²) >= 11 is 0. The maximum atomic E-state index is 13.5. The zero-order valence-electron chi connectivity index (χ0n) is 34.7. The minimum atomic E-state index is -0.636. The number of carbonyl (C=O) groups is 4. The molecule has 0 aromatic heterocycles. The number of anilines is 2. The van der Waals surface area contributed by atoms with E-state index in [1.54, 1.807) is 9.80 Å². The summed E-state index contributed by atoms with van der Waals surface area (Å²) in [5.41, 5.74) is 9.36. The van der Waals surface area contributed by atoms with Crippen LogP contribution in [0.25, 0.3) is 22.3 Å². The molecule has 2 fully saturated rings. The largest absolute Gasteiger partial charge is 0.444 e. The summed E-state index contributed by atoms with van der Waals surface area (Å²) in [5.74, 6) is -0.413. The molecule has 10 heteroatoms. The number of nitrogens with zero attached hydrogens (tertiary/aromatic N) is 2. The van der Waals surface area contributed by atoms with E-state index < -0.39 is 35.5 Å². The van der Waals surface area contributed by atoms with Crippen LogP contribution in [-0.2, 0) is 44.7 Å². The lowest BCUT2D eigenvalue weighted by molar-refractivity contribution is -0.121. The van der Waals surface area contributed by atoms with Crippen LogP contribution in [-0.4, -0.2) is 70.2 Å². The second kappa shape index (κ2) is 16.7. The number of hydrogen-bond donors (Lipinski definition) is 2. The number of ether oxygens (including phenoxy) is 2. The highest BCUT2D eigenvalue weighted by molar-refractivity contribution is 5.98. The number of likely N-dealkylation sites (tertiary alicyclic amines) is 2. The lowest BCUT2D eigenvalue weighted by atomic mass is 9.87. The summed E-state index contributed by atoms with van der Waals surface area (Å²) in [7, 11) is 0. The molecule has 304 valence electrons. The van der Waals surface area contributed by atoms with E-state index in [1.807, 2.05) is 77.9 Å². The Bertz CT molecular complexity index is 2050. The van der Waals surface area contributed by atoms with Crippen LogP contribution < -0.4 is 10.6 Å². The maximum absolute atomic E-state index is 13.5. The van der Waals surface area contributed by atoms with Crippen molar-refractivity contribution in [3.05, 3.63) is 107 Å². The Hall–Kier alpha value is -5.64. The van der Waals surface area contributed by atoms with Crippen molar-refractivity contribution in [3.63, 3.8) is 0 Å². The molecule has 10 nitrogen and oxygen atoms in total. The fourth-order valence-corrected chi connectivity index (χ4v) is 8.23. The molecule has 4 aliphatic carbocycles. The molecular weight excluding hydrogens is 729 g/mol. The molecule has 2 saturated heterocycles. The van der Waals surface area contributed by atoms with Crippen molar-refractivity contribution in [3.8, 4) is 22.3 Å². The molecule has 0 saturated carbocycles. The first kappa shape index (κ1) is 40.6. The van der Waals surface area contributed by atoms with Crippen molar-refractivity contribution in [1.29, 1.82) is 0 Å². The third kappa shape index (κ3) is 9.72. The number of aryl methyl sites for hydroxylation is 4. The fraction of sp³-hybridized carbons (Fsp3) is 0.417. The highest BCUT2D eigenvalue weighted by Crippen LogP contribution is 2.34. The van der Waals surface area contributed by atoms with Crippen molar-refractivity contribution in [2.24, 2.45) is 0 Å². The van der Waals surface area contributed by atoms with Crippen LogP contribution in [0.15, 0.2) is 84.9 Å². The standard InChI is InChI=1S/C48H56N4O6/c1-47(2,3)57-45(55)51-25-9-15-41(51)43(53)49-37-13-7-11-35(29-37)39-27-31-17-21-33(39)23-19-32-18-22-34(24-20-31)40(28-32)36-12-8-14-38(30-36)50-44(54)42-16-10-26-52(42)46(56)58-48(4,5)6/h7-8,11-14,17-18,21-22,27-30,41-42H,9-10,15-16,19-20,23-26H2,1-6H3,(H,49,53)(H,50,54)/t41-,42-/m0/s1. The Kier molecular flexibility index (Phi) is 11.7. The van der Waals surface area contributed by atoms with Gasteiger partial charge in [0.2, 0.25) is 11.8 Å². The Morgan fingerprint density at radius 3 is 1.36 bits per heavy atom. The van der Waals surface area contributed by atoms with E-state index in [2.05, 4.69) is 59.2 Å². The van der Waals surface area contributed by atoms with E-state index >= 15 is 0 Å². The van der Waals surface area contributed by atoms with Crippen LogP contribution in [0.3, 0.4) is 0 Å². The van der Waals surface area contributed by atoms with Gasteiger partial charge in [0.05, 0.1) is 0 Å². The quantitative estimate of drug-likeness (QED) is 0.201. The first-order chi connectivity index (χ1) is 27.6. The van der Waals surface area contributed by atoms with Crippen LogP contribution in [0.4, 0.5) is 21.0 Å². The average Bonchev–Trinajstić information content (AvgIpc) is 3.86. The molecule has 58 heavy (non-hydrogen) atoms. The molecule has 4 amide bonds. The lowest BCUT2D eigenvalue weighted by Crippen LogP contribution is -2.45. The van der Waals surface area contributed by atoms with Gasteiger partial charge in [0.15, 0.2) is 0 Å². The fourth-order valence-electron chi connectivity index (χ4n) is 8.23. The Balaban J connectivity index is 1.06. The van der Waals surface area contributed by atoms with Crippen molar-refractivity contribution < 1.29 is 28.7 Å². The highest BCUT2D eigenvalue weighted by Gasteiger charge is 2.38. The molecule has 2 atom stereocenters. The monoisotopic (exact) mass is 784 g/mol. The smallest absolute Gasteiger partial charge is 0.410 e. The topological polar surface area (TPSA) is 117 Å². The van der Waals surface area contributed by atoms with Gasteiger partial charge in [-0.2, -0.15) is 0 Å². The van der Waals surface area contributed by atoms with Gasteiger partial charge in [0, 0.05) is 24.5 Å². The highest BCUT2D eigenvalue weighted by atomic mass is 16.6. The Labute approximate surface area is 342 Å². The van der Waals surface area contributed by atoms with Gasteiger partial charge in [0.25, 0.3) is 0 Å². The van der Waals surface area contributed by atoms with Gasteiger partial charge in [-0.1, -0.05) is 60.7 Å². The summed E-state index contributed by atoms with van der Waals surface area (Å²) in [6, 6.07) is 28.3. The SMILES string of the molecule is CC(C)(C)OC(=O)N1CCC[C@H]1C(=O)Nc1cccc(-c2cc3ccc2CCc2ccc(c(-c4cccc(NC(=O)[C@@H]5CCCN5C(=O)OC(C)(C)C)c4)c2)CC3)c1. The maximum Gasteiger partial charge on any atom is 0.410 e. The number of hydrogen-bond acceptors (Lipinski definition) is 6. The van der Waals surface area contributed by atoms with E-state index in [0.717, 1.165) is 60.8 Å². The summed E-state index contributed by atoms with van der Waals surface area (Å²) in [5, 5.41) is 6.18. The van der Waals surface area contributed by atoms with E-state index in [4.69, 9.17) is 9.47 Å². The first-order valence-electron chi connectivity index (χ1n) is 20.7.